The van der Waals surface area contributed by atoms with Crippen molar-refractivity contribution >= 4 is 11.9 Å². The van der Waals surface area contributed by atoms with Crippen LogP contribution in [-0.4, -0.2) is 32.1 Å². The second-order valence-electron chi connectivity index (χ2n) is 6.19. The van der Waals surface area contributed by atoms with Crippen LogP contribution in [0.1, 0.15) is 28.4 Å². The van der Waals surface area contributed by atoms with Gasteiger partial charge in [-0.15, -0.1) is 0 Å². The molecule has 5 heteroatoms. The van der Waals surface area contributed by atoms with E-state index in [9.17, 15) is 9.59 Å². The molecule has 0 heterocycles. The summed E-state index contributed by atoms with van der Waals surface area (Å²) in [4.78, 5) is 25.0. The number of benzene rings is 2. The van der Waals surface area contributed by atoms with Crippen molar-refractivity contribution in [1.82, 2.24) is 5.32 Å². The molecule has 2 atom stereocenters. The van der Waals surface area contributed by atoms with Gasteiger partial charge in [-0.05, 0) is 36.1 Å². The maximum atomic E-state index is 12.7. The summed E-state index contributed by atoms with van der Waals surface area (Å²) in [6.45, 7) is 3.97. The van der Waals surface area contributed by atoms with Crippen molar-refractivity contribution in [3.63, 3.8) is 0 Å². The minimum Gasteiger partial charge on any atom is -0.467 e. The Hall–Kier alpha value is -2.66. The van der Waals surface area contributed by atoms with E-state index >= 15 is 0 Å². The summed E-state index contributed by atoms with van der Waals surface area (Å²) in [6.07, 6.45) is -0.427. The number of rotatable bonds is 7. The number of aryl methyl sites for hydroxylation is 2. The van der Waals surface area contributed by atoms with E-state index in [2.05, 4.69) is 5.32 Å². The van der Waals surface area contributed by atoms with Crippen LogP contribution in [0.3, 0.4) is 0 Å². The molecular weight excluding hydrogens is 330 g/mol. The number of carbonyl (C=O) groups excluding carboxylic acids is 2. The number of methoxy groups -OCH3 is 2. The molecule has 5 nitrogen and oxygen atoms in total. The van der Waals surface area contributed by atoms with Gasteiger partial charge in [-0.1, -0.05) is 48.5 Å². The van der Waals surface area contributed by atoms with Crippen LogP contribution in [0.25, 0.3) is 0 Å². The van der Waals surface area contributed by atoms with Crippen molar-refractivity contribution in [3.05, 3.63) is 70.8 Å². The van der Waals surface area contributed by atoms with Gasteiger partial charge in [0.25, 0.3) is 5.91 Å². The Morgan fingerprint density at radius 2 is 1.58 bits per heavy atom. The SMILES string of the molecule is COC(=O)[C@H](Cc1c(C)cccc1C)NC(=O)[C@H](OC)c1ccccc1. The van der Waals surface area contributed by atoms with Crippen LogP contribution in [0, 0.1) is 13.8 Å². The van der Waals surface area contributed by atoms with E-state index in [1.54, 1.807) is 0 Å². The molecule has 0 unspecified atom stereocenters. The van der Waals surface area contributed by atoms with E-state index in [1.807, 2.05) is 62.4 Å². The Kier molecular flexibility index (Phi) is 6.92. The number of ether oxygens (including phenoxy) is 2. The van der Waals surface area contributed by atoms with Crippen LogP contribution < -0.4 is 5.32 Å². The molecule has 0 saturated heterocycles. The monoisotopic (exact) mass is 355 g/mol. The molecule has 0 bridgehead atoms. The topological polar surface area (TPSA) is 64.6 Å². The van der Waals surface area contributed by atoms with Gasteiger partial charge in [0.2, 0.25) is 0 Å². The summed E-state index contributed by atoms with van der Waals surface area (Å²) in [5.41, 5.74) is 3.89. The summed E-state index contributed by atoms with van der Waals surface area (Å²) in [5, 5.41) is 2.78. The van der Waals surface area contributed by atoms with Crippen LogP contribution in [0.2, 0.25) is 0 Å². The van der Waals surface area contributed by atoms with Crippen LogP contribution in [-0.2, 0) is 25.5 Å². The first-order chi connectivity index (χ1) is 12.5. The van der Waals surface area contributed by atoms with Crippen molar-refractivity contribution in [2.45, 2.75) is 32.4 Å². The fourth-order valence-corrected chi connectivity index (χ4v) is 2.98. The van der Waals surface area contributed by atoms with E-state index in [1.165, 1.54) is 14.2 Å². The van der Waals surface area contributed by atoms with Gasteiger partial charge in [0.05, 0.1) is 7.11 Å². The average molecular weight is 355 g/mol. The number of nitrogens with one attached hydrogen (secondary N) is 1. The predicted molar refractivity (Wildman–Crippen MR) is 99.8 cm³/mol. The maximum Gasteiger partial charge on any atom is 0.328 e. The Labute approximate surface area is 154 Å². The molecule has 2 aromatic carbocycles. The highest BCUT2D eigenvalue weighted by Gasteiger charge is 2.28. The zero-order valence-electron chi connectivity index (χ0n) is 15.6. The first kappa shape index (κ1) is 19.7. The largest absolute Gasteiger partial charge is 0.467 e. The Morgan fingerprint density at radius 3 is 2.12 bits per heavy atom. The highest BCUT2D eigenvalue weighted by Crippen LogP contribution is 2.19. The summed E-state index contributed by atoms with van der Waals surface area (Å²) in [5.74, 6) is -0.857. The molecule has 2 rings (SSSR count). The van der Waals surface area contributed by atoms with Gasteiger partial charge < -0.3 is 14.8 Å². The Balaban J connectivity index is 2.22. The molecule has 0 aliphatic carbocycles. The van der Waals surface area contributed by atoms with Crippen LogP contribution in [0.5, 0.6) is 0 Å². The molecule has 0 aromatic heterocycles. The number of hydrogen-bond acceptors (Lipinski definition) is 4. The van der Waals surface area contributed by atoms with Gasteiger partial charge in [0.15, 0.2) is 6.10 Å². The number of amides is 1. The molecule has 26 heavy (non-hydrogen) atoms. The van der Waals surface area contributed by atoms with Gasteiger partial charge in [-0.3, -0.25) is 4.79 Å². The van der Waals surface area contributed by atoms with E-state index in [4.69, 9.17) is 9.47 Å². The summed E-state index contributed by atoms with van der Waals surface area (Å²) in [6, 6.07) is 14.3. The van der Waals surface area contributed by atoms with Crippen molar-refractivity contribution in [3.8, 4) is 0 Å². The van der Waals surface area contributed by atoms with Gasteiger partial charge in [-0.2, -0.15) is 0 Å². The fraction of sp³-hybridized carbons (Fsp3) is 0.333. The summed E-state index contributed by atoms with van der Waals surface area (Å²) >= 11 is 0. The maximum absolute atomic E-state index is 12.7. The van der Waals surface area contributed by atoms with E-state index in [-0.39, 0.29) is 5.91 Å². The lowest BCUT2D eigenvalue weighted by molar-refractivity contribution is -0.146. The van der Waals surface area contributed by atoms with Crippen LogP contribution >= 0.6 is 0 Å². The second kappa shape index (κ2) is 9.15. The van der Waals surface area contributed by atoms with E-state index in [0.717, 1.165) is 22.3 Å². The normalized spacial score (nSPS) is 12.9. The Morgan fingerprint density at radius 1 is 0.962 bits per heavy atom. The molecule has 0 spiro atoms. The van der Waals surface area contributed by atoms with E-state index < -0.39 is 18.1 Å². The lowest BCUT2D eigenvalue weighted by atomic mass is 9.96. The van der Waals surface area contributed by atoms with Crippen LogP contribution in [0.15, 0.2) is 48.5 Å². The molecule has 0 aliphatic rings. The van der Waals surface area contributed by atoms with Gasteiger partial charge >= 0.3 is 5.97 Å². The van der Waals surface area contributed by atoms with Crippen molar-refractivity contribution in [2.24, 2.45) is 0 Å². The molecule has 0 radical (unpaired) electrons. The predicted octanol–water partition coefficient (Wildman–Crippen LogP) is 2.89. The minimum absolute atomic E-state index is 0.363. The molecule has 1 amide bonds. The smallest absolute Gasteiger partial charge is 0.328 e. The molecular formula is C21H25NO4. The highest BCUT2D eigenvalue weighted by atomic mass is 16.5. The van der Waals surface area contributed by atoms with Crippen molar-refractivity contribution in [1.29, 1.82) is 0 Å². The molecule has 0 aliphatic heterocycles. The third-order valence-electron chi connectivity index (χ3n) is 4.43. The van der Waals surface area contributed by atoms with Crippen molar-refractivity contribution < 1.29 is 19.1 Å². The molecule has 0 saturated carbocycles. The molecule has 1 N–H and O–H groups in total. The number of esters is 1. The lowest BCUT2D eigenvalue weighted by Gasteiger charge is -2.22. The zero-order chi connectivity index (χ0) is 19.1. The number of hydrogen-bond donors (Lipinski definition) is 1. The van der Waals surface area contributed by atoms with Crippen molar-refractivity contribution in [2.75, 3.05) is 14.2 Å². The molecule has 2 aromatic rings. The molecule has 0 fully saturated rings. The third kappa shape index (κ3) is 4.70. The minimum atomic E-state index is -0.790. The quantitative estimate of drug-likeness (QED) is 0.776. The lowest BCUT2D eigenvalue weighted by Crippen LogP contribution is -2.45. The highest BCUT2D eigenvalue weighted by molar-refractivity contribution is 5.88. The first-order valence-electron chi connectivity index (χ1n) is 8.49. The summed E-state index contributed by atoms with van der Waals surface area (Å²) in [7, 11) is 2.78. The fourth-order valence-electron chi connectivity index (χ4n) is 2.98. The average Bonchev–Trinajstić information content (AvgIpc) is 2.64. The first-order valence-corrected chi connectivity index (χ1v) is 8.49. The Bertz CT molecular complexity index is 738. The van der Waals surface area contributed by atoms with E-state index in [0.29, 0.717) is 6.42 Å². The van der Waals surface area contributed by atoms with Crippen LogP contribution in [0.4, 0.5) is 0 Å². The number of carbonyl (C=O) groups is 2. The third-order valence-corrected chi connectivity index (χ3v) is 4.43. The van der Waals surface area contributed by atoms with Gasteiger partial charge in [-0.25, -0.2) is 4.79 Å². The summed E-state index contributed by atoms with van der Waals surface area (Å²) < 4.78 is 10.2. The van der Waals surface area contributed by atoms with Gasteiger partial charge in [0.1, 0.15) is 6.04 Å². The zero-order valence-corrected chi connectivity index (χ0v) is 15.6. The molecule has 138 valence electrons. The second-order valence-corrected chi connectivity index (χ2v) is 6.19. The standard InChI is InChI=1S/C21H25NO4/c1-14-9-8-10-15(2)17(14)13-18(21(24)26-4)22-20(23)19(25-3)16-11-6-5-7-12-16/h5-12,18-19H,13H2,1-4H3,(H,22,23)/t18-,19+/m0/s1. The van der Waals surface area contributed by atoms with Gasteiger partial charge in [0, 0.05) is 13.5 Å².